The Morgan fingerprint density at radius 2 is 1.57 bits per heavy atom. The molecular formula is C26H20ClF2NO7. The van der Waals surface area contributed by atoms with Gasteiger partial charge in [-0.25, -0.2) is 8.78 Å². The molecule has 1 amide bonds. The van der Waals surface area contributed by atoms with Crippen molar-refractivity contribution in [2.75, 3.05) is 26.2 Å². The molecule has 0 aromatic heterocycles. The molecule has 0 radical (unpaired) electrons. The molecule has 192 valence electrons. The SMILES string of the molecule is COc1ccc(C2/C(=C(\O)c3cc(OC)c(Cl)cc3OC)C(=O)C(=O)N2c2ccc(F)c(F)c2)cc1O. The number of anilines is 1. The van der Waals surface area contributed by atoms with Crippen LogP contribution in [-0.2, 0) is 9.59 Å². The highest BCUT2D eigenvalue weighted by atomic mass is 35.5. The average Bonchev–Trinajstić information content (AvgIpc) is 3.15. The summed E-state index contributed by atoms with van der Waals surface area (Å²) in [6, 6.07) is 8.08. The normalized spacial score (nSPS) is 16.7. The summed E-state index contributed by atoms with van der Waals surface area (Å²) >= 11 is 6.16. The molecule has 0 spiro atoms. The Balaban J connectivity index is 2.02. The van der Waals surface area contributed by atoms with E-state index in [1.54, 1.807) is 0 Å². The monoisotopic (exact) mass is 531 g/mol. The Morgan fingerprint density at radius 3 is 2.16 bits per heavy atom. The standard InChI is InChI=1S/C26H20ClF2NO7/c1-35-19-7-4-12(8-18(19)31)23-22(24(32)14-10-21(37-3)15(27)11-20(14)36-2)25(33)26(34)30(23)13-5-6-16(28)17(29)9-13/h4-11,23,31-32H,1-3H3/b24-22+. The van der Waals surface area contributed by atoms with E-state index < -0.39 is 40.7 Å². The zero-order valence-electron chi connectivity index (χ0n) is 19.7. The van der Waals surface area contributed by atoms with E-state index in [-0.39, 0.29) is 44.8 Å². The fraction of sp³-hybridized carbons (Fsp3) is 0.154. The first kappa shape index (κ1) is 25.8. The Kier molecular flexibility index (Phi) is 6.95. The first-order chi connectivity index (χ1) is 17.6. The van der Waals surface area contributed by atoms with Crippen molar-refractivity contribution in [2.45, 2.75) is 6.04 Å². The van der Waals surface area contributed by atoms with Crippen LogP contribution in [0.3, 0.4) is 0 Å². The van der Waals surface area contributed by atoms with Gasteiger partial charge in [0, 0.05) is 17.8 Å². The van der Waals surface area contributed by atoms with Gasteiger partial charge in [0.25, 0.3) is 11.7 Å². The molecule has 3 aromatic carbocycles. The van der Waals surface area contributed by atoms with Gasteiger partial charge < -0.3 is 24.4 Å². The van der Waals surface area contributed by atoms with Gasteiger partial charge in [0.15, 0.2) is 23.1 Å². The van der Waals surface area contributed by atoms with Crippen molar-refractivity contribution in [3.05, 3.63) is 81.9 Å². The number of amides is 1. The van der Waals surface area contributed by atoms with Crippen LogP contribution >= 0.6 is 11.6 Å². The van der Waals surface area contributed by atoms with Gasteiger partial charge in [-0.1, -0.05) is 17.7 Å². The van der Waals surface area contributed by atoms with Crippen molar-refractivity contribution in [2.24, 2.45) is 0 Å². The predicted molar refractivity (Wildman–Crippen MR) is 130 cm³/mol. The molecule has 3 aromatic rings. The lowest BCUT2D eigenvalue weighted by Crippen LogP contribution is -2.29. The molecule has 1 saturated heterocycles. The number of aliphatic hydroxyl groups excluding tert-OH is 1. The highest BCUT2D eigenvalue weighted by molar-refractivity contribution is 6.51. The van der Waals surface area contributed by atoms with E-state index in [1.807, 2.05) is 0 Å². The summed E-state index contributed by atoms with van der Waals surface area (Å²) in [4.78, 5) is 27.4. The second kappa shape index (κ2) is 9.98. The zero-order valence-corrected chi connectivity index (χ0v) is 20.5. The van der Waals surface area contributed by atoms with Gasteiger partial charge >= 0.3 is 0 Å². The molecule has 37 heavy (non-hydrogen) atoms. The van der Waals surface area contributed by atoms with Crippen molar-refractivity contribution in [1.82, 2.24) is 0 Å². The first-order valence-corrected chi connectivity index (χ1v) is 11.1. The Hall–Kier alpha value is -4.31. The van der Waals surface area contributed by atoms with Gasteiger partial charge in [0.2, 0.25) is 0 Å². The molecule has 1 unspecified atom stereocenters. The van der Waals surface area contributed by atoms with Crippen molar-refractivity contribution in [3.8, 4) is 23.0 Å². The van der Waals surface area contributed by atoms with Crippen LogP contribution in [0.4, 0.5) is 14.5 Å². The van der Waals surface area contributed by atoms with E-state index in [4.69, 9.17) is 25.8 Å². The van der Waals surface area contributed by atoms with Gasteiger partial charge in [-0.15, -0.1) is 0 Å². The number of aromatic hydroxyl groups is 1. The minimum atomic E-state index is -1.35. The third-order valence-corrected chi connectivity index (χ3v) is 6.17. The van der Waals surface area contributed by atoms with E-state index in [0.29, 0.717) is 0 Å². The molecule has 1 fully saturated rings. The van der Waals surface area contributed by atoms with E-state index in [2.05, 4.69) is 0 Å². The number of benzene rings is 3. The number of carbonyl (C=O) groups is 2. The third kappa shape index (κ3) is 4.40. The maximum absolute atomic E-state index is 14.1. The first-order valence-electron chi connectivity index (χ1n) is 10.7. The molecule has 1 heterocycles. The van der Waals surface area contributed by atoms with Crippen LogP contribution in [0.15, 0.2) is 54.1 Å². The van der Waals surface area contributed by atoms with Gasteiger partial charge in [0.05, 0.1) is 43.5 Å². The molecule has 11 heteroatoms. The van der Waals surface area contributed by atoms with Crippen LogP contribution in [-0.4, -0.2) is 43.2 Å². The molecule has 0 saturated carbocycles. The van der Waals surface area contributed by atoms with Gasteiger partial charge in [0.1, 0.15) is 17.3 Å². The molecule has 0 aliphatic carbocycles. The number of aliphatic hydroxyl groups is 1. The number of Topliss-reactive ketones (excluding diaryl/α,β-unsaturated/α-hetero) is 1. The van der Waals surface area contributed by atoms with E-state index in [1.165, 1.54) is 51.7 Å². The summed E-state index contributed by atoms with van der Waals surface area (Å²) in [6.07, 6.45) is 0. The minimum Gasteiger partial charge on any atom is -0.507 e. The lowest BCUT2D eigenvalue weighted by molar-refractivity contribution is -0.132. The van der Waals surface area contributed by atoms with Crippen LogP contribution in [0.2, 0.25) is 5.02 Å². The van der Waals surface area contributed by atoms with Gasteiger partial charge in [-0.3, -0.25) is 14.5 Å². The van der Waals surface area contributed by atoms with Crippen LogP contribution in [0, 0.1) is 11.6 Å². The number of methoxy groups -OCH3 is 3. The largest absolute Gasteiger partial charge is 0.507 e. The van der Waals surface area contributed by atoms with Crippen LogP contribution in [0.5, 0.6) is 23.0 Å². The van der Waals surface area contributed by atoms with Crippen molar-refractivity contribution in [3.63, 3.8) is 0 Å². The fourth-order valence-electron chi connectivity index (χ4n) is 4.12. The molecule has 8 nitrogen and oxygen atoms in total. The summed E-state index contributed by atoms with van der Waals surface area (Å²) < 4.78 is 43.4. The lowest BCUT2D eigenvalue weighted by atomic mass is 9.94. The lowest BCUT2D eigenvalue weighted by Gasteiger charge is -2.26. The summed E-state index contributed by atoms with van der Waals surface area (Å²) in [5.41, 5.74) is -0.401. The number of nitrogens with zero attached hydrogens (tertiary/aromatic N) is 1. The second-order valence-electron chi connectivity index (χ2n) is 7.89. The predicted octanol–water partition coefficient (Wildman–Crippen LogP) is 4.98. The van der Waals surface area contributed by atoms with Crippen LogP contribution in [0.1, 0.15) is 17.2 Å². The Labute approximate surface area is 214 Å². The maximum atomic E-state index is 14.1. The molecule has 1 aliphatic heterocycles. The number of ether oxygens (including phenoxy) is 3. The second-order valence-corrected chi connectivity index (χ2v) is 8.29. The molecular weight excluding hydrogens is 512 g/mol. The molecule has 4 rings (SSSR count). The Bertz CT molecular complexity index is 1460. The number of rotatable bonds is 6. The molecule has 0 bridgehead atoms. The number of carbonyl (C=O) groups excluding carboxylic acids is 2. The van der Waals surface area contributed by atoms with Gasteiger partial charge in [-0.05, 0) is 35.9 Å². The number of hydrogen-bond acceptors (Lipinski definition) is 7. The van der Waals surface area contributed by atoms with E-state index >= 15 is 0 Å². The maximum Gasteiger partial charge on any atom is 0.300 e. The third-order valence-electron chi connectivity index (χ3n) is 5.87. The summed E-state index contributed by atoms with van der Waals surface area (Å²) in [6.45, 7) is 0. The number of phenolic OH excluding ortho intramolecular Hbond substituents is 1. The minimum absolute atomic E-state index is 0.0187. The number of hydrogen-bond donors (Lipinski definition) is 2. The van der Waals surface area contributed by atoms with Crippen LogP contribution < -0.4 is 19.1 Å². The Morgan fingerprint density at radius 1 is 0.892 bits per heavy atom. The average molecular weight is 532 g/mol. The summed E-state index contributed by atoms with van der Waals surface area (Å²) in [5, 5.41) is 21.9. The quantitative estimate of drug-likeness (QED) is 0.263. The summed E-state index contributed by atoms with van der Waals surface area (Å²) in [7, 11) is 4.00. The highest BCUT2D eigenvalue weighted by Gasteiger charge is 2.47. The van der Waals surface area contributed by atoms with Gasteiger partial charge in [-0.2, -0.15) is 0 Å². The molecule has 1 aliphatic rings. The highest BCUT2D eigenvalue weighted by Crippen LogP contribution is 2.46. The number of halogens is 3. The van der Waals surface area contributed by atoms with E-state index in [0.717, 1.165) is 23.1 Å². The molecule has 2 N–H and O–H groups in total. The van der Waals surface area contributed by atoms with Crippen molar-refractivity contribution in [1.29, 1.82) is 0 Å². The number of ketones is 1. The van der Waals surface area contributed by atoms with Crippen molar-refractivity contribution >= 4 is 34.7 Å². The zero-order chi connectivity index (χ0) is 27.0. The smallest absolute Gasteiger partial charge is 0.300 e. The topological polar surface area (TPSA) is 106 Å². The molecule has 1 atom stereocenters. The van der Waals surface area contributed by atoms with E-state index in [9.17, 15) is 28.6 Å². The van der Waals surface area contributed by atoms with Crippen molar-refractivity contribution < 1.29 is 42.8 Å². The van der Waals surface area contributed by atoms with Crippen LogP contribution in [0.25, 0.3) is 5.76 Å². The summed E-state index contributed by atoms with van der Waals surface area (Å²) in [5.74, 6) is -5.27. The fourth-order valence-corrected chi connectivity index (χ4v) is 4.35. The number of phenols is 1.